The summed E-state index contributed by atoms with van der Waals surface area (Å²) in [7, 11) is 0. The van der Waals surface area contributed by atoms with E-state index >= 15 is 0 Å². The van der Waals surface area contributed by atoms with E-state index in [1.807, 2.05) is 0 Å². The van der Waals surface area contributed by atoms with Crippen molar-refractivity contribution in [3.63, 3.8) is 0 Å². The summed E-state index contributed by atoms with van der Waals surface area (Å²) in [4.78, 5) is 18.2. The predicted molar refractivity (Wildman–Crippen MR) is 21.0 cm³/mol. The van der Waals surface area contributed by atoms with Crippen LogP contribution in [0.5, 0.6) is 0 Å². The molecule has 2 N–H and O–H groups in total. The second kappa shape index (κ2) is 3.72. The van der Waals surface area contributed by atoms with Crippen molar-refractivity contribution < 1.29 is 19.8 Å². The molecule has 0 aliphatic carbocycles. The summed E-state index contributed by atoms with van der Waals surface area (Å²) in [5.41, 5.74) is 0. The molecule has 0 saturated heterocycles. The number of carboxylic acids is 2. The first-order chi connectivity index (χ1) is 2.64. The third kappa shape index (κ3) is 5.54. The minimum atomic E-state index is -1.82. The van der Waals surface area contributed by atoms with E-state index in [9.17, 15) is 0 Å². The monoisotopic (exact) mass is 97.0 g/mol. The molecule has 0 atom stereocenters. The van der Waals surface area contributed by atoms with Crippen LogP contribution in [0.15, 0.2) is 0 Å². The van der Waals surface area contributed by atoms with Gasteiger partial charge in [-0.05, 0) is 0 Å². The number of aliphatic carboxylic acids is 2. The predicted octanol–water partition coefficient (Wildman–Crippen LogP) is -1.23. The molecule has 0 unspecified atom stereocenters. The van der Waals surface area contributed by atoms with Crippen molar-refractivity contribution in [3.05, 3.63) is 0 Å². The maximum atomic E-state index is 9.10. The van der Waals surface area contributed by atoms with Gasteiger partial charge in [0.1, 0.15) is 0 Å². The van der Waals surface area contributed by atoms with Crippen molar-refractivity contribution in [1.82, 2.24) is 0 Å². The molecule has 1 radical (unpaired) electrons. The van der Waals surface area contributed by atoms with Gasteiger partial charge in [0.25, 0.3) is 0 Å². The van der Waals surface area contributed by atoms with Crippen molar-refractivity contribution in [2.75, 3.05) is 0 Å². The van der Waals surface area contributed by atoms with Crippen molar-refractivity contribution in [1.29, 1.82) is 0 Å². The van der Waals surface area contributed by atoms with Gasteiger partial charge in [-0.25, -0.2) is 9.59 Å². The van der Waals surface area contributed by atoms with Crippen LogP contribution in [0.25, 0.3) is 0 Å². The van der Waals surface area contributed by atoms with Gasteiger partial charge in [-0.15, -0.1) is 0 Å². The van der Waals surface area contributed by atoms with Crippen LogP contribution in [-0.2, 0) is 9.59 Å². The molecule has 4 nitrogen and oxygen atoms in total. The van der Waals surface area contributed by atoms with E-state index in [0.29, 0.717) is 0 Å². The Kier molecular flexibility index (Phi) is 5.17. The van der Waals surface area contributed by atoms with Gasteiger partial charge in [0.2, 0.25) is 0 Å². The molecular formula is C2H2LiO4. The Morgan fingerprint density at radius 1 is 1.00 bits per heavy atom. The van der Waals surface area contributed by atoms with Crippen LogP contribution < -0.4 is 0 Å². The van der Waals surface area contributed by atoms with Gasteiger partial charge in [-0.1, -0.05) is 0 Å². The van der Waals surface area contributed by atoms with Gasteiger partial charge >= 0.3 is 11.9 Å². The summed E-state index contributed by atoms with van der Waals surface area (Å²) in [6, 6.07) is 0. The van der Waals surface area contributed by atoms with Crippen molar-refractivity contribution in [2.24, 2.45) is 0 Å². The topological polar surface area (TPSA) is 74.6 Å². The molecule has 0 rings (SSSR count). The molecule has 0 aliphatic rings. The number of rotatable bonds is 0. The number of hydrogen-bond acceptors (Lipinski definition) is 2. The average Bonchev–Trinajstić information content (AvgIpc) is 1.36. The standard InChI is InChI=1S/C2H2O4.Li/c3-1(4)2(5)6;/h(H,3,4)(H,5,6);. The summed E-state index contributed by atoms with van der Waals surface area (Å²) >= 11 is 0. The first kappa shape index (κ1) is 9.74. The molecule has 0 heterocycles. The van der Waals surface area contributed by atoms with E-state index in [4.69, 9.17) is 19.8 Å². The molecule has 0 spiro atoms. The second-order valence-electron chi connectivity index (χ2n) is 0.610. The Morgan fingerprint density at radius 2 is 1.14 bits per heavy atom. The summed E-state index contributed by atoms with van der Waals surface area (Å²) < 4.78 is 0. The van der Waals surface area contributed by atoms with Gasteiger partial charge < -0.3 is 10.2 Å². The molecule has 0 fully saturated rings. The fourth-order valence-electron chi connectivity index (χ4n) is 0. The van der Waals surface area contributed by atoms with Crippen LogP contribution in [0.3, 0.4) is 0 Å². The van der Waals surface area contributed by atoms with Gasteiger partial charge in [-0.3, -0.25) is 0 Å². The molecular weight excluding hydrogens is 95.0 g/mol. The van der Waals surface area contributed by atoms with E-state index in [-0.39, 0.29) is 18.9 Å². The first-order valence-corrected chi connectivity index (χ1v) is 1.11. The minimum Gasteiger partial charge on any atom is -0.473 e. The van der Waals surface area contributed by atoms with Gasteiger partial charge in [0, 0.05) is 18.9 Å². The zero-order valence-corrected chi connectivity index (χ0v) is 3.71. The fourth-order valence-corrected chi connectivity index (χ4v) is 0. The van der Waals surface area contributed by atoms with E-state index < -0.39 is 11.9 Å². The minimum absolute atomic E-state index is 0. The Labute approximate surface area is 51.3 Å². The van der Waals surface area contributed by atoms with Crippen molar-refractivity contribution in [3.8, 4) is 0 Å². The normalized spacial score (nSPS) is 6.29. The largest absolute Gasteiger partial charge is 0.473 e. The van der Waals surface area contributed by atoms with Crippen LogP contribution >= 0.6 is 0 Å². The molecule has 7 heavy (non-hydrogen) atoms. The molecule has 5 heteroatoms. The Morgan fingerprint density at radius 3 is 1.14 bits per heavy atom. The maximum Gasteiger partial charge on any atom is 0.414 e. The maximum absolute atomic E-state index is 9.10. The molecule has 0 aromatic rings. The van der Waals surface area contributed by atoms with E-state index in [0.717, 1.165) is 0 Å². The zero-order valence-electron chi connectivity index (χ0n) is 3.71. The third-order valence-electron chi connectivity index (χ3n) is 0.183. The van der Waals surface area contributed by atoms with Gasteiger partial charge in [-0.2, -0.15) is 0 Å². The van der Waals surface area contributed by atoms with Crippen LogP contribution in [-0.4, -0.2) is 41.0 Å². The SMILES string of the molecule is O=C(O)C(=O)O.[Li]. The third-order valence-corrected chi connectivity index (χ3v) is 0.183. The van der Waals surface area contributed by atoms with Crippen molar-refractivity contribution in [2.45, 2.75) is 0 Å². The van der Waals surface area contributed by atoms with Crippen LogP contribution in [0.4, 0.5) is 0 Å². The Bertz CT molecular complexity index is 75.7. The molecule has 0 aliphatic heterocycles. The second-order valence-corrected chi connectivity index (χ2v) is 0.610. The fraction of sp³-hybridized carbons (Fsp3) is 0. The summed E-state index contributed by atoms with van der Waals surface area (Å²) in [5, 5.41) is 14.8. The quantitative estimate of drug-likeness (QED) is 0.293. The number of hydrogen-bond donors (Lipinski definition) is 2. The van der Waals surface area contributed by atoms with E-state index in [1.165, 1.54) is 0 Å². The molecule has 0 amide bonds. The van der Waals surface area contributed by atoms with E-state index in [2.05, 4.69) is 0 Å². The summed E-state index contributed by atoms with van der Waals surface area (Å²) in [6.45, 7) is 0. The average molecular weight is 97.0 g/mol. The molecule has 0 bridgehead atoms. The molecule has 0 saturated carbocycles. The first-order valence-electron chi connectivity index (χ1n) is 1.11. The number of carbonyl (C=O) groups is 2. The summed E-state index contributed by atoms with van der Waals surface area (Å²) in [5.74, 6) is -3.65. The molecule has 35 valence electrons. The molecule has 0 aromatic carbocycles. The van der Waals surface area contributed by atoms with Gasteiger partial charge in [0.15, 0.2) is 0 Å². The van der Waals surface area contributed by atoms with Crippen LogP contribution in [0, 0.1) is 0 Å². The molecule has 0 aromatic heterocycles. The van der Waals surface area contributed by atoms with Gasteiger partial charge in [0.05, 0.1) is 0 Å². The van der Waals surface area contributed by atoms with E-state index in [1.54, 1.807) is 0 Å². The zero-order chi connectivity index (χ0) is 5.15. The smallest absolute Gasteiger partial charge is 0.414 e. The summed E-state index contributed by atoms with van der Waals surface area (Å²) in [6.07, 6.45) is 0. The van der Waals surface area contributed by atoms with Crippen molar-refractivity contribution >= 4 is 30.8 Å². The van der Waals surface area contributed by atoms with Crippen LogP contribution in [0.1, 0.15) is 0 Å². The Hall–Kier alpha value is -0.463. The number of carboxylic acid groups (broad SMARTS) is 2. The Balaban J connectivity index is 0. The van der Waals surface area contributed by atoms with Crippen LogP contribution in [0.2, 0.25) is 0 Å².